The Kier molecular flexibility index (Phi) is 5.13. The van der Waals surface area contributed by atoms with Crippen LogP contribution in [0.15, 0.2) is 22.9 Å². The van der Waals surface area contributed by atoms with Gasteiger partial charge in [-0.05, 0) is 32.4 Å². The zero-order valence-corrected chi connectivity index (χ0v) is 14.4. The molecule has 2 aromatic rings. The number of amides is 2. The van der Waals surface area contributed by atoms with Crippen molar-refractivity contribution in [3.63, 3.8) is 0 Å². The van der Waals surface area contributed by atoms with Crippen molar-refractivity contribution in [3.05, 3.63) is 29.8 Å². The van der Waals surface area contributed by atoms with Gasteiger partial charge < -0.3 is 15.2 Å². The van der Waals surface area contributed by atoms with E-state index in [1.807, 2.05) is 10.9 Å². The molecule has 0 spiro atoms. The summed E-state index contributed by atoms with van der Waals surface area (Å²) in [7, 11) is 1.58. The summed E-state index contributed by atoms with van der Waals surface area (Å²) in [5, 5.41) is 13.4. The third-order valence-corrected chi connectivity index (χ3v) is 4.19. The van der Waals surface area contributed by atoms with E-state index in [4.69, 9.17) is 4.52 Å². The van der Waals surface area contributed by atoms with E-state index < -0.39 is 0 Å². The van der Waals surface area contributed by atoms with E-state index >= 15 is 0 Å². The highest BCUT2D eigenvalue weighted by Crippen LogP contribution is 2.21. The molecule has 2 N–H and O–H groups in total. The van der Waals surface area contributed by atoms with Crippen LogP contribution in [-0.4, -0.2) is 58.3 Å². The monoisotopic (exact) mass is 346 g/mol. The van der Waals surface area contributed by atoms with Crippen molar-refractivity contribution in [2.24, 2.45) is 0 Å². The first-order valence-electron chi connectivity index (χ1n) is 8.28. The lowest BCUT2D eigenvalue weighted by Crippen LogP contribution is -2.41. The summed E-state index contributed by atoms with van der Waals surface area (Å²) in [6, 6.07) is 3.53. The molecule has 1 saturated heterocycles. The number of hydrogen-bond donors (Lipinski definition) is 2. The number of aryl methyl sites for hydroxylation is 1. The molecule has 3 heterocycles. The first-order valence-corrected chi connectivity index (χ1v) is 8.28. The maximum atomic E-state index is 12.2. The summed E-state index contributed by atoms with van der Waals surface area (Å²) < 4.78 is 6.75. The Bertz CT molecular complexity index is 753. The third-order valence-electron chi connectivity index (χ3n) is 4.19. The normalized spacial score (nSPS) is 18.1. The van der Waals surface area contributed by atoms with Gasteiger partial charge in [0.1, 0.15) is 11.5 Å². The average molecular weight is 346 g/mol. The van der Waals surface area contributed by atoms with E-state index in [1.165, 1.54) is 0 Å². The topological polar surface area (TPSA) is 105 Å². The van der Waals surface area contributed by atoms with E-state index in [-0.39, 0.29) is 24.4 Å². The molecule has 9 heteroatoms. The molecule has 1 aliphatic rings. The predicted octanol–water partition coefficient (Wildman–Crippen LogP) is 0.815. The number of likely N-dealkylation sites (tertiary alicyclic amines) is 1. The number of piperidine rings is 1. The molecule has 0 aliphatic carbocycles. The number of hydrogen-bond acceptors (Lipinski definition) is 6. The van der Waals surface area contributed by atoms with Gasteiger partial charge in [-0.3, -0.25) is 19.2 Å². The van der Waals surface area contributed by atoms with Gasteiger partial charge in [0.15, 0.2) is 5.82 Å². The van der Waals surface area contributed by atoms with Gasteiger partial charge >= 0.3 is 0 Å². The standard InChI is InChI=1S/C16H22N6O3/c1-11-8-14(20-25-11)18-15(23)10-21-6-3-4-12(9-21)22-7-5-13(19-22)16(24)17-2/h5,7-8,12H,3-4,6,9-10H2,1-2H3,(H,17,24)(H,18,20,23)/t12-/m1/s1. The lowest BCUT2D eigenvalue weighted by molar-refractivity contribution is -0.117. The third kappa shape index (κ3) is 4.24. The zero-order chi connectivity index (χ0) is 17.8. The highest BCUT2D eigenvalue weighted by atomic mass is 16.5. The van der Waals surface area contributed by atoms with Gasteiger partial charge in [-0.15, -0.1) is 0 Å². The molecule has 0 saturated carbocycles. The van der Waals surface area contributed by atoms with Crippen LogP contribution in [-0.2, 0) is 4.79 Å². The van der Waals surface area contributed by atoms with Crippen molar-refractivity contribution in [1.29, 1.82) is 0 Å². The number of carbonyl (C=O) groups excluding carboxylic acids is 2. The second-order valence-corrected chi connectivity index (χ2v) is 6.16. The smallest absolute Gasteiger partial charge is 0.271 e. The van der Waals surface area contributed by atoms with Crippen molar-refractivity contribution >= 4 is 17.6 Å². The molecule has 3 rings (SSSR count). The Balaban J connectivity index is 1.56. The van der Waals surface area contributed by atoms with Gasteiger partial charge in [0.05, 0.1) is 12.6 Å². The van der Waals surface area contributed by atoms with Crippen LogP contribution in [0.1, 0.15) is 35.1 Å². The number of carbonyl (C=O) groups is 2. The van der Waals surface area contributed by atoms with Gasteiger partial charge in [0.2, 0.25) is 5.91 Å². The van der Waals surface area contributed by atoms with Crippen molar-refractivity contribution in [2.45, 2.75) is 25.8 Å². The van der Waals surface area contributed by atoms with Crippen LogP contribution in [0.2, 0.25) is 0 Å². The molecular weight excluding hydrogens is 324 g/mol. The molecule has 1 fully saturated rings. The summed E-state index contributed by atoms with van der Waals surface area (Å²) in [6.07, 6.45) is 3.75. The molecule has 0 radical (unpaired) electrons. The SMILES string of the molecule is CNC(=O)c1ccn([C@@H]2CCCN(CC(=O)Nc3cc(C)on3)C2)n1. The quantitative estimate of drug-likeness (QED) is 0.830. The summed E-state index contributed by atoms with van der Waals surface area (Å²) in [4.78, 5) is 25.9. The van der Waals surface area contributed by atoms with Gasteiger partial charge in [-0.1, -0.05) is 5.16 Å². The molecular formula is C16H22N6O3. The Hall–Kier alpha value is -2.68. The van der Waals surface area contributed by atoms with Gasteiger partial charge in [-0.25, -0.2) is 0 Å². The molecule has 25 heavy (non-hydrogen) atoms. The lowest BCUT2D eigenvalue weighted by atomic mass is 10.1. The van der Waals surface area contributed by atoms with Crippen LogP contribution in [0.4, 0.5) is 5.82 Å². The summed E-state index contributed by atoms with van der Waals surface area (Å²) in [5.74, 6) is 0.756. The Morgan fingerprint density at radius 2 is 2.28 bits per heavy atom. The summed E-state index contributed by atoms with van der Waals surface area (Å²) >= 11 is 0. The fraction of sp³-hybridized carbons (Fsp3) is 0.500. The van der Waals surface area contributed by atoms with Crippen molar-refractivity contribution in [1.82, 2.24) is 25.2 Å². The highest BCUT2D eigenvalue weighted by molar-refractivity contribution is 5.92. The average Bonchev–Trinajstić information content (AvgIpc) is 3.23. The Morgan fingerprint density at radius 3 is 3.00 bits per heavy atom. The van der Waals surface area contributed by atoms with E-state index in [1.54, 1.807) is 26.1 Å². The number of nitrogens with zero attached hydrogens (tertiary/aromatic N) is 4. The second kappa shape index (κ2) is 7.47. The molecule has 1 aliphatic heterocycles. The number of aromatic nitrogens is 3. The minimum Gasteiger partial charge on any atom is -0.360 e. The maximum Gasteiger partial charge on any atom is 0.271 e. The van der Waals surface area contributed by atoms with E-state index in [0.717, 1.165) is 19.4 Å². The number of nitrogens with one attached hydrogen (secondary N) is 2. The fourth-order valence-corrected chi connectivity index (χ4v) is 2.99. The Morgan fingerprint density at radius 1 is 1.44 bits per heavy atom. The van der Waals surface area contributed by atoms with E-state index in [0.29, 0.717) is 23.8 Å². The highest BCUT2D eigenvalue weighted by Gasteiger charge is 2.24. The number of rotatable bonds is 5. The predicted molar refractivity (Wildman–Crippen MR) is 90.2 cm³/mol. The Labute approximate surface area is 145 Å². The summed E-state index contributed by atoms with van der Waals surface area (Å²) in [6.45, 7) is 3.62. The van der Waals surface area contributed by atoms with Crippen molar-refractivity contribution < 1.29 is 14.1 Å². The van der Waals surface area contributed by atoms with E-state index in [9.17, 15) is 9.59 Å². The first kappa shape index (κ1) is 17.2. The number of anilines is 1. The lowest BCUT2D eigenvalue weighted by Gasteiger charge is -2.32. The molecule has 9 nitrogen and oxygen atoms in total. The van der Waals surface area contributed by atoms with Crippen molar-refractivity contribution in [3.8, 4) is 0 Å². The molecule has 0 aromatic carbocycles. The maximum absolute atomic E-state index is 12.2. The van der Waals surface area contributed by atoms with Crippen LogP contribution in [0, 0.1) is 6.92 Å². The van der Waals surface area contributed by atoms with Crippen LogP contribution in [0.5, 0.6) is 0 Å². The van der Waals surface area contributed by atoms with Crippen molar-refractivity contribution in [2.75, 3.05) is 32.0 Å². The summed E-state index contributed by atoms with van der Waals surface area (Å²) in [5.41, 5.74) is 0.402. The zero-order valence-electron chi connectivity index (χ0n) is 14.4. The van der Waals surface area contributed by atoms with Crippen LogP contribution >= 0.6 is 0 Å². The fourth-order valence-electron chi connectivity index (χ4n) is 2.99. The first-order chi connectivity index (χ1) is 12.0. The van der Waals surface area contributed by atoms with Gasteiger partial charge in [0, 0.05) is 25.9 Å². The molecule has 1 atom stereocenters. The van der Waals surface area contributed by atoms with Gasteiger partial charge in [-0.2, -0.15) is 5.10 Å². The van der Waals surface area contributed by atoms with Crippen LogP contribution in [0.3, 0.4) is 0 Å². The largest absolute Gasteiger partial charge is 0.360 e. The van der Waals surface area contributed by atoms with Gasteiger partial charge in [0.25, 0.3) is 5.91 Å². The second-order valence-electron chi connectivity index (χ2n) is 6.16. The van der Waals surface area contributed by atoms with E-state index in [2.05, 4.69) is 25.8 Å². The molecule has 0 bridgehead atoms. The van der Waals surface area contributed by atoms with Crippen LogP contribution < -0.4 is 10.6 Å². The van der Waals surface area contributed by atoms with Crippen LogP contribution in [0.25, 0.3) is 0 Å². The molecule has 134 valence electrons. The molecule has 2 amide bonds. The minimum absolute atomic E-state index is 0.125. The minimum atomic E-state index is -0.200. The molecule has 2 aromatic heterocycles. The molecule has 0 unspecified atom stereocenters.